The van der Waals surface area contributed by atoms with Crippen LogP contribution in [0.15, 0.2) is 18.2 Å². The second kappa shape index (κ2) is 5.01. The minimum absolute atomic E-state index is 0.178. The molecule has 5 heteroatoms. The van der Waals surface area contributed by atoms with E-state index < -0.39 is 24.7 Å². The molecule has 0 N–H and O–H groups in total. The smallest absolute Gasteiger partial charge is 0.256 e. The molecule has 88 valence electrons. The molecule has 1 amide bonds. The number of hydrogen-bond acceptors (Lipinski definition) is 1. The van der Waals surface area contributed by atoms with E-state index >= 15 is 0 Å². The monoisotopic (exact) mass is 231 g/mol. The Balaban J connectivity index is 2.91. The van der Waals surface area contributed by atoms with Crippen molar-refractivity contribution in [2.75, 3.05) is 13.6 Å². The molecule has 0 aromatic heterocycles. The summed E-state index contributed by atoms with van der Waals surface area (Å²) in [5.41, 5.74) is 0.526. The van der Waals surface area contributed by atoms with Crippen LogP contribution in [0.5, 0.6) is 0 Å². The maximum absolute atomic E-state index is 13.3. The van der Waals surface area contributed by atoms with Crippen LogP contribution in [-0.4, -0.2) is 30.8 Å². The van der Waals surface area contributed by atoms with Crippen LogP contribution in [0.3, 0.4) is 0 Å². The van der Waals surface area contributed by atoms with Gasteiger partial charge >= 0.3 is 0 Å². The summed E-state index contributed by atoms with van der Waals surface area (Å²) in [6.45, 7) is 0.996. The Labute approximate surface area is 91.7 Å². The maximum atomic E-state index is 13.3. The summed E-state index contributed by atoms with van der Waals surface area (Å²) >= 11 is 0. The first-order valence-electron chi connectivity index (χ1n) is 4.71. The predicted octanol–water partition coefficient (Wildman–Crippen LogP) is 2.47. The summed E-state index contributed by atoms with van der Waals surface area (Å²) < 4.78 is 37.4. The molecule has 16 heavy (non-hydrogen) atoms. The average molecular weight is 231 g/mol. The van der Waals surface area contributed by atoms with Crippen LogP contribution in [0.4, 0.5) is 13.2 Å². The van der Waals surface area contributed by atoms with Crippen molar-refractivity contribution in [1.82, 2.24) is 4.90 Å². The van der Waals surface area contributed by atoms with Crippen molar-refractivity contribution in [3.05, 3.63) is 35.1 Å². The summed E-state index contributed by atoms with van der Waals surface area (Å²) in [5.74, 6) is -1.43. The zero-order chi connectivity index (χ0) is 12.3. The summed E-state index contributed by atoms with van der Waals surface area (Å²) in [7, 11) is 1.22. The molecule has 1 rings (SSSR count). The van der Waals surface area contributed by atoms with Gasteiger partial charge in [0, 0.05) is 7.05 Å². The van der Waals surface area contributed by atoms with E-state index in [-0.39, 0.29) is 5.56 Å². The van der Waals surface area contributed by atoms with Gasteiger partial charge in [0.2, 0.25) is 0 Å². The maximum Gasteiger partial charge on any atom is 0.256 e. The summed E-state index contributed by atoms with van der Waals surface area (Å²) in [4.78, 5) is 12.4. The summed E-state index contributed by atoms with van der Waals surface area (Å²) in [6.07, 6.45) is -2.62. The number of halogens is 3. The highest BCUT2D eigenvalue weighted by atomic mass is 19.3. The third kappa shape index (κ3) is 2.98. The van der Waals surface area contributed by atoms with Crippen LogP contribution in [0.2, 0.25) is 0 Å². The standard InChI is InChI=1S/C11H12F3NO/c1-7-3-4-9(12)8(5-7)11(16)15(2)6-10(13)14/h3-5,10H,6H2,1-2H3. The zero-order valence-corrected chi connectivity index (χ0v) is 9.01. The van der Waals surface area contributed by atoms with Crippen molar-refractivity contribution in [3.8, 4) is 0 Å². The van der Waals surface area contributed by atoms with Gasteiger partial charge in [0.15, 0.2) is 0 Å². The molecule has 0 spiro atoms. The molecule has 0 aliphatic rings. The lowest BCUT2D eigenvalue weighted by molar-refractivity contribution is 0.0616. The van der Waals surface area contributed by atoms with Gasteiger partial charge in [-0.3, -0.25) is 4.79 Å². The van der Waals surface area contributed by atoms with Gasteiger partial charge in [-0.2, -0.15) is 0 Å². The normalized spacial score (nSPS) is 10.6. The lowest BCUT2D eigenvalue weighted by Crippen LogP contribution is -2.31. The van der Waals surface area contributed by atoms with Crippen molar-refractivity contribution in [2.24, 2.45) is 0 Å². The fourth-order valence-electron chi connectivity index (χ4n) is 1.30. The molecule has 0 aliphatic carbocycles. The Hall–Kier alpha value is -1.52. The molecule has 1 aromatic rings. The number of carbonyl (C=O) groups is 1. The Morgan fingerprint density at radius 2 is 2.06 bits per heavy atom. The fourth-order valence-corrected chi connectivity index (χ4v) is 1.30. The van der Waals surface area contributed by atoms with Crippen LogP contribution in [0, 0.1) is 12.7 Å². The van der Waals surface area contributed by atoms with Gasteiger partial charge in [-0.15, -0.1) is 0 Å². The number of carbonyl (C=O) groups excluding carboxylic acids is 1. The number of alkyl halides is 2. The molecule has 2 nitrogen and oxygen atoms in total. The van der Waals surface area contributed by atoms with Crippen molar-refractivity contribution < 1.29 is 18.0 Å². The first kappa shape index (κ1) is 12.5. The first-order chi connectivity index (χ1) is 7.41. The molecule has 0 bridgehead atoms. The molecule has 0 atom stereocenters. The van der Waals surface area contributed by atoms with Crippen molar-refractivity contribution in [3.63, 3.8) is 0 Å². The SMILES string of the molecule is Cc1ccc(F)c(C(=O)N(C)CC(F)F)c1. The molecule has 0 unspecified atom stereocenters. The number of hydrogen-bond donors (Lipinski definition) is 0. The Morgan fingerprint density at radius 3 is 2.62 bits per heavy atom. The van der Waals surface area contributed by atoms with Gasteiger partial charge in [0.1, 0.15) is 5.82 Å². The first-order valence-corrected chi connectivity index (χ1v) is 4.71. The molecular weight excluding hydrogens is 219 g/mol. The number of benzene rings is 1. The third-order valence-electron chi connectivity index (χ3n) is 2.11. The number of rotatable bonds is 3. The van der Waals surface area contributed by atoms with E-state index in [0.29, 0.717) is 5.56 Å². The highest BCUT2D eigenvalue weighted by Gasteiger charge is 2.18. The van der Waals surface area contributed by atoms with Crippen LogP contribution in [0.25, 0.3) is 0 Å². The molecule has 0 aliphatic heterocycles. The summed E-state index contributed by atoms with van der Waals surface area (Å²) in [5, 5.41) is 0. The van der Waals surface area contributed by atoms with Gasteiger partial charge in [-0.1, -0.05) is 11.6 Å². The quantitative estimate of drug-likeness (QED) is 0.782. The molecule has 0 saturated carbocycles. The van der Waals surface area contributed by atoms with Crippen LogP contribution in [0.1, 0.15) is 15.9 Å². The van der Waals surface area contributed by atoms with E-state index in [1.165, 1.54) is 19.2 Å². The van der Waals surface area contributed by atoms with E-state index in [4.69, 9.17) is 0 Å². The average Bonchev–Trinajstić information content (AvgIpc) is 2.19. The van der Waals surface area contributed by atoms with Crippen molar-refractivity contribution >= 4 is 5.91 Å². The van der Waals surface area contributed by atoms with Gasteiger partial charge in [-0.25, -0.2) is 13.2 Å². The number of nitrogens with zero attached hydrogens (tertiary/aromatic N) is 1. The molecule has 0 fully saturated rings. The molecular formula is C11H12F3NO. The zero-order valence-electron chi connectivity index (χ0n) is 9.01. The minimum Gasteiger partial charge on any atom is -0.336 e. The number of aryl methyl sites for hydroxylation is 1. The Kier molecular flexibility index (Phi) is 3.93. The molecule has 0 heterocycles. The van der Waals surface area contributed by atoms with Crippen molar-refractivity contribution in [2.45, 2.75) is 13.3 Å². The minimum atomic E-state index is -2.62. The van der Waals surface area contributed by atoms with Crippen LogP contribution in [-0.2, 0) is 0 Å². The highest BCUT2D eigenvalue weighted by molar-refractivity contribution is 5.94. The van der Waals surface area contributed by atoms with Gasteiger partial charge in [-0.05, 0) is 19.1 Å². The van der Waals surface area contributed by atoms with E-state index in [2.05, 4.69) is 0 Å². The van der Waals surface area contributed by atoms with Gasteiger partial charge in [0.05, 0.1) is 12.1 Å². The highest BCUT2D eigenvalue weighted by Crippen LogP contribution is 2.12. The fraction of sp³-hybridized carbons (Fsp3) is 0.364. The molecule has 0 saturated heterocycles. The van der Waals surface area contributed by atoms with E-state index in [1.807, 2.05) is 0 Å². The van der Waals surface area contributed by atoms with Crippen LogP contribution >= 0.6 is 0 Å². The lowest BCUT2D eigenvalue weighted by atomic mass is 10.1. The second-order valence-corrected chi connectivity index (χ2v) is 3.56. The van der Waals surface area contributed by atoms with E-state index in [1.54, 1.807) is 6.92 Å². The lowest BCUT2D eigenvalue weighted by Gasteiger charge is -2.17. The van der Waals surface area contributed by atoms with E-state index in [9.17, 15) is 18.0 Å². The van der Waals surface area contributed by atoms with Crippen LogP contribution < -0.4 is 0 Å². The summed E-state index contributed by atoms with van der Waals surface area (Å²) in [6, 6.07) is 4.01. The third-order valence-corrected chi connectivity index (χ3v) is 2.11. The largest absolute Gasteiger partial charge is 0.336 e. The molecule has 1 aromatic carbocycles. The van der Waals surface area contributed by atoms with Crippen molar-refractivity contribution in [1.29, 1.82) is 0 Å². The van der Waals surface area contributed by atoms with Gasteiger partial charge < -0.3 is 4.90 Å². The number of amides is 1. The Morgan fingerprint density at radius 1 is 1.44 bits per heavy atom. The molecule has 0 radical (unpaired) electrons. The predicted molar refractivity (Wildman–Crippen MR) is 54.1 cm³/mol. The van der Waals surface area contributed by atoms with Gasteiger partial charge in [0.25, 0.3) is 12.3 Å². The van der Waals surface area contributed by atoms with E-state index in [0.717, 1.165) is 11.0 Å². The Bertz CT molecular complexity index is 393. The topological polar surface area (TPSA) is 20.3 Å². The second-order valence-electron chi connectivity index (χ2n) is 3.56.